The van der Waals surface area contributed by atoms with Crippen molar-refractivity contribution in [2.24, 2.45) is 17.8 Å². The number of benzene rings is 1. The quantitative estimate of drug-likeness (QED) is 0.484. The summed E-state index contributed by atoms with van der Waals surface area (Å²) >= 11 is 3.42. The zero-order valence-electron chi connectivity index (χ0n) is 11.1. The number of carbonyl (C=O) groups excluding carboxylic acids is 2. The second-order valence-electron chi connectivity index (χ2n) is 5.41. The summed E-state index contributed by atoms with van der Waals surface area (Å²) < 4.78 is 5.63. The number of halogens is 1. The number of carbonyl (C=O) groups is 2. The molecule has 0 spiro atoms. The van der Waals surface area contributed by atoms with Crippen LogP contribution >= 0.6 is 15.9 Å². The minimum absolute atomic E-state index is 0.0877. The normalized spacial score (nSPS) is 30.5. The summed E-state index contributed by atoms with van der Waals surface area (Å²) in [6.07, 6.45) is 5.21. The zero-order valence-corrected chi connectivity index (χ0v) is 12.7. The fourth-order valence-corrected chi connectivity index (χ4v) is 3.82. The van der Waals surface area contributed by atoms with E-state index in [1.54, 1.807) is 0 Å². The molecule has 0 aliphatic heterocycles. The highest BCUT2D eigenvalue weighted by molar-refractivity contribution is 9.10. The molecule has 0 unspecified atom stereocenters. The van der Waals surface area contributed by atoms with Crippen LogP contribution in [0.5, 0.6) is 0 Å². The highest BCUT2D eigenvalue weighted by Crippen LogP contribution is 2.53. The van der Waals surface area contributed by atoms with E-state index >= 15 is 0 Å². The molecule has 1 aromatic carbocycles. The van der Waals surface area contributed by atoms with Crippen LogP contribution < -0.4 is 0 Å². The van der Waals surface area contributed by atoms with Gasteiger partial charge in [-0.15, -0.1) is 0 Å². The molecule has 1 fully saturated rings. The maximum absolute atomic E-state index is 12.3. The van der Waals surface area contributed by atoms with Crippen LogP contribution in [0, 0.1) is 17.8 Å². The molecule has 20 heavy (non-hydrogen) atoms. The van der Waals surface area contributed by atoms with Gasteiger partial charge in [-0.1, -0.05) is 40.2 Å². The van der Waals surface area contributed by atoms with Gasteiger partial charge in [-0.2, -0.15) is 0 Å². The van der Waals surface area contributed by atoms with Crippen molar-refractivity contribution in [3.05, 3.63) is 46.5 Å². The summed E-state index contributed by atoms with van der Waals surface area (Å²) in [6.45, 7) is 0. The van der Waals surface area contributed by atoms with Crippen LogP contribution in [-0.2, 0) is 14.3 Å². The second-order valence-corrected chi connectivity index (χ2v) is 6.32. The highest BCUT2D eigenvalue weighted by Gasteiger charge is 2.50. The van der Waals surface area contributed by atoms with Gasteiger partial charge in [-0.3, -0.25) is 4.79 Å². The van der Waals surface area contributed by atoms with Crippen LogP contribution in [0.3, 0.4) is 0 Å². The smallest absolute Gasteiger partial charge is 0.374 e. The molecule has 2 bridgehead atoms. The van der Waals surface area contributed by atoms with E-state index < -0.39 is 11.8 Å². The van der Waals surface area contributed by atoms with Gasteiger partial charge >= 0.3 is 5.97 Å². The molecule has 104 valence electrons. The van der Waals surface area contributed by atoms with E-state index in [1.807, 2.05) is 24.3 Å². The molecule has 2 aliphatic rings. The van der Waals surface area contributed by atoms with E-state index in [2.05, 4.69) is 32.8 Å². The molecule has 2 aliphatic carbocycles. The third kappa shape index (κ3) is 2.12. The van der Waals surface area contributed by atoms with Gasteiger partial charge in [0.25, 0.3) is 0 Å². The van der Waals surface area contributed by atoms with E-state index in [9.17, 15) is 9.59 Å². The first-order valence-corrected chi connectivity index (χ1v) is 7.47. The molecule has 1 aromatic rings. The molecule has 0 heterocycles. The standard InChI is InChI=1S/C16H15BrO3/c1-20-16(19)15(18)14-11-3-2-10(8-11)13(14)9-4-6-12(17)7-5-9/h2-7,10-11,13-14H,8H2,1H3/t10-,11+,13+,14+/m0/s1. The van der Waals surface area contributed by atoms with Crippen LogP contribution in [-0.4, -0.2) is 18.9 Å². The van der Waals surface area contributed by atoms with E-state index in [4.69, 9.17) is 0 Å². The lowest BCUT2D eigenvalue weighted by molar-refractivity contribution is -0.154. The third-order valence-electron chi connectivity index (χ3n) is 4.40. The van der Waals surface area contributed by atoms with Gasteiger partial charge < -0.3 is 4.74 Å². The monoisotopic (exact) mass is 334 g/mol. The molecule has 1 saturated carbocycles. The molecule has 0 aromatic heterocycles. The van der Waals surface area contributed by atoms with Crippen molar-refractivity contribution < 1.29 is 14.3 Å². The lowest BCUT2D eigenvalue weighted by atomic mass is 9.76. The summed E-state index contributed by atoms with van der Waals surface area (Å²) in [5.74, 6) is -0.793. The number of rotatable bonds is 3. The zero-order chi connectivity index (χ0) is 14.3. The Kier molecular flexibility index (Phi) is 3.50. The summed E-state index contributed by atoms with van der Waals surface area (Å²) in [4.78, 5) is 23.9. The van der Waals surface area contributed by atoms with Gasteiger partial charge in [0, 0.05) is 16.3 Å². The highest BCUT2D eigenvalue weighted by atomic mass is 79.9. The molecule has 4 heteroatoms. The van der Waals surface area contributed by atoms with E-state index in [0.717, 1.165) is 16.5 Å². The SMILES string of the molecule is COC(=O)C(=O)[C@H]1[C@H](c2ccc(Br)cc2)[C@H]2C=C[C@@H]1C2. The molecule has 3 rings (SSSR count). The predicted octanol–water partition coefficient (Wildman–Crippen LogP) is 3.10. The average molecular weight is 335 g/mol. The number of hydrogen-bond acceptors (Lipinski definition) is 3. The van der Waals surface area contributed by atoms with Gasteiger partial charge in [0.15, 0.2) is 0 Å². The van der Waals surface area contributed by atoms with Crippen molar-refractivity contribution in [2.45, 2.75) is 12.3 Å². The Morgan fingerprint density at radius 1 is 1.15 bits per heavy atom. The van der Waals surface area contributed by atoms with Crippen LogP contribution in [0.15, 0.2) is 40.9 Å². The van der Waals surface area contributed by atoms with Crippen LogP contribution in [0.25, 0.3) is 0 Å². The summed E-state index contributed by atoms with van der Waals surface area (Å²) in [6, 6.07) is 8.01. The van der Waals surface area contributed by atoms with Gasteiger partial charge in [-0.05, 0) is 36.0 Å². The van der Waals surface area contributed by atoms with Gasteiger partial charge in [0.1, 0.15) is 0 Å². The average Bonchev–Trinajstić information content (AvgIpc) is 3.07. The maximum Gasteiger partial charge on any atom is 0.374 e. The summed E-state index contributed by atoms with van der Waals surface area (Å²) in [7, 11) is 1.26. The van der Waals surface area contributed by atoms with E-state index in [1.165, 1.54) is 7.11 Å². The Morgan fingerprint density at radius 3 is 2.45 bits per heavy atom. The number of hydrogen-bond donors (Lipinski definition) is 0. The van der Waals surface area contributed by atoms with Crippen molar-refractivity contribution in [1.29, 1.82) is 0 Å². The van der Waals surface area contributed by atoms with Crippen molar-refractivity contribution in [1.82, 2.24) is 0 Å². The van der Waals surface area contributed by atoms with E-state index in [-0.39, 0.29) is 17.8 Å². The molecular formula is C16H15BrO3. The van der Waals surface area contributed by atoms with Crippen molar-refractivity contribution in [2.75, 3.05) is 7.11 Å². The Hall–Kier alpha value is -1.42. The first kappa shape index (κ1) is 13.6. The number of Topliss-reactive ketones (excluding diaryl/α,β-unsaturated/α-hetero) is 1. The van der Waals surface area contributed by atoms with Crippen molar-refractivity contribution >= 4 is 27.7 Å². The number of ketones is 1. The fraction of sp³-hybridized carbons (Fsp3) is 0.375. The summed E-state index contributed by atoms with van der Waals surface area (Å²) in [5, 5.41) is 0. The fourth-order valence-electron chi connectivity index (χ4n) is 3.56. The minimum Gasteiger partial charge on any atom is -0.463 e. The number of esters is 1. The number of methoxy groups -OCH3 is 1. The first-order valence-electron chi connectivity index (χ1n) is 6.67. The van der Waals surface area contributed by atoms with Gasteiger partial charge in [0.05, 0.1) is 7.11 Å². The minimum atomic E-state index is -0.724. The lowest BCUT2D eigenvalue weighted by Crippen LogP contribution is -2.32. The number of allylic oxidation sites excluding steroid dienone is 2. The van der Waals surface area contributed by atoms with E-state index in [0.29, 0.717) is 5.92 Å². The molecule has 0 radical (unpaired) electrons. The molecule has 0 N–H and O–H groups in total. The topological polar surface area (TPSA) is 43.4 Å². The molecule has 0 amide bonds. The third-order valence-corrected chi connectivity index (χ3v) is 4.93. The largest absolute Gasteiger partial charge is 0.463 e. The summed E-state index contributed by atoms with van der Waals surface area (Å²) in [5.41, 5.74) is 1.12. The van der Waals surface area contributed by atoms with Crippen LogP contribution in [0.2, 0.25) is 0 Å². The van der Waals surface area contributed by atoms with Gasteiger partial charge in [-0.25, -0.2) is 4.79 Å². The number of fused-ring (bicyclic) bond motifs is 2. The maximum atomic E-state index is 12.3. The molecular weight excluding hydrogens is 320 g/mol. The van der Waals surface area contributed by atoms with Crippen molar-refractivity contribution in [3.63, 3.8) is 0 Å². The Bertz CT molecular complexity index is 576. The Balaban J connectivity index is 1.95. The number of ether oxygens (including phenoxy) is 1. The predicted molar refractivity (Wildman–Crippen MR) is 78.1 cm³/mol. The Morgan fingerprint density at radius 2 is 1.80 bits per heavy atom. The molecule has 4 atom stereocenters. The molecule has 3 nitrogen and oxygen atoms in total. The molecule has 0 saturated heterocycles. The van der Waals surface area contributed by atoms with Crippen molar-refractivity contribution in [3.8, 4) is 0 Å². The second kappa shape index (κ2) is 5.17. The first-order chi connectivity index (χ1) is 9.61. The van der Waals surface area contributed by atoms with Crippen LogP contribution in [0.4, 0.5) is 0 Å². The Labute approximate surface area is 126 Å². The van der Waals surface area contributed by atoms with Gasteiger partial charge in [0.2, 0.25) is 5.78 Å². The van der Waals surface area contributed by atoms with Crippen LogP contribution in [0.1, 0.15) is 17.9 Å². The lowest BCUT2D eigenvalue weighted by Gasteiger charge is -2.26.